The summed E-state index contributed by atoms with van der Waals surface area (Å²) in [5.74, 6) is 1.40. The van der Waals surface area contributed by atoms with Crippen LogP contribution in [-0.2, 0) is 13.6 Å². The molecule has 0 radical (unpaired) electrons. The Hall–Kier alpha value is -2.83. The summed E-state index contributed by atoms with van der Waals surface area (Å²) in [7, 11) is 2.04. The summed E-state index contributed by atoms with van der Waals surface area (Å²) < 4.78 is 4.40. The zero-order valence-corrected chi connectivity index (χ0v) is 19.6. The molecule has 7 heteroatoms. The number of halogens is 1. The molecule has 168 valence electrons. The van der Waals surface area contributed by atoms with Gasteiger partial charge in [0, 0.05) is 49.2 Å². The maximum absolute atomic E-state index is 13.1. The molecule has 1 aliphatic rings. The lowest BCUT2D eigenvalue weighted by Crippen LogP contribution is -2.49. The number of benzene rings is 2. The highest BCUT2D eigenvalue weighted by Crippen LogP contribution is 2.30. The van der Waals surface area contributed by atoms with Gasteiger partial charge in [0.15, 0.2) is 5.82 Å². The summed E-state index contributed by atoms with van der Waals surface area (Å²) in [6.07, 6.45) is 0.949. The number of hydrogen-bond acceptors (Lipinski definition) is 3. The first-order chi connectivity index (χ1) is 15.0. The Labute approximate surface area is 194 Å². The Morgan fingerprint density at radius 1 is 1.16 bits per heavy atom. The van der Waals surface area contributed by atoms with Crippen molar-refractivity contribution in [1.82, 2.24) is 19.0 Å². The van der Waals surface area contributed by atoms with Gasteiger partial charge in [-0.05, 0) is 49.6 Å². The van der Waals surface area contributed by atoms with E-state index in [-0.39, 0.29) is 24.4 Å². The second kappa shape index (κ2) is 8.60. The second-order valence-corrected chi connectivity index (χ2v) is 8.71. The molecule has 1 fully saturated rings. The lowest BCUT2D eigenvalue weighted by atomic mass is 9.94. The summed E-state index contributed by atoms with van der Waals surface area (Å²) in [4.78, 5) is 19.9. The topological polar surface area (TPSA) is 69.1 Å². The summed E-state index contributed by atoms with van der Waals surface area (Å²) in [5.41, 5.74) is 11.0. The SMILES string of the molecule is CCn1c(-c2nc3cc(C(=O)N4CC[C@H](C)[C@H](N)C4)ccc3n2C)cc2ccccc21.Cl. The normalized spacial score (nSPS) is 18.8. The third-order valence-electron chi connectivity index (χ3n) is 6.79. The molecule has 2 atom stereocenters. The highest BCUT2D eigenvalue weighted by molar-refractivity contribution is 5.98. The van der Waals surface area contributed by atoms with Gasteiger partial charge in [0.1, 0.15) is 0 Å². The number of amides is 1. The predicted molar refractivity (Wildman–Crippen MR) is 132 cm³/mol. The van der Waals surface area contributed by atoms with Gasteiger partial charge < -0.3 is 19.8 Å². The van der Waals surface area contributed by atoms with Crippen molar-refractivity contribution in [3.63, 3.8) is 0 Å². The molecule has 32 heavy (non-hydrogen) atoms. The van der Waals surface area contributed by atoms with Crippen LogP contribution in [0.2, 0.25) is 0 Å². The Balaban J connectivity index is 0.00000245. The molecule has 0 unspecified atom stereocenters. The number of carbonyl (C=O) groups excluding carboxylic acids is 1. The minimum atomic E-state index is 0. The molecule has 6 nitrogen and oxygen atoms in total. The van der Waals surface area contributed by atoms with E-state index in [0.29, 0.717) is 18.0 Å². The van der Waals surface area contributed by atoms with Crippen molar-refractivity contribution in [2.45, 2.75) is 32.9 Å². The van der Waals surface area contributed by atoms with Crippen LogP contribution in [0.5, 0.6) is 0 Å². The number of piperidine rings is 1. The van der Waals surface area contributed by atoms with Crippen molar-refractivity contribution in [3.8, 4) is 11.5 Å². The molecule has 2 aromatic heterocycles. The van der Waals surface area contributed by atoms with Crippen molar-refractivity contribution in [3.05, 3.63) is 54.1 Å². The second-order valence-electron chi connectivity index (χ2n) is 8.71. The van der Waals surface area contributed by atoms with Crippen LogP contribution in [0, 0.1) is 5.92 Å². The molecule has 2 N–H and O–H groups in total. The number of hydrogen-bond donors (Lipinski definition) is 1. The van der Waals surface area contributed by atoms with E-state index in [2.05, 4.69) is 53.3 Å². The smallest absolute Gasteiger partial charge is 0.253 e. The fourth-order valence-electron chi connectivity index (χ4n) is 4.76. The van der Waals surface area contributed by atoms with Gasteiger partial charge in [-0.3, -0.25) is 4.79 Å². The van der Waals surface area contributed by atoms with E-state index in [0.717, 1.165) is 42.1 Å². The maximum Gasteiger partial charge on any atom is 0.253 e. The molecular weight excluding hydrogens is 422 g/mol. The van der Waals surface area contributed by atoms with Crippen LogP contribution in [0.4, 0.5) is 0 Å². The monoisotopic (exact) mass is 451 g/mol. The van der Waals surface area contributed by atoms with E-state index >= 15 is 0 Å². The van der Waals surface area contributed by atoms with Crippen LogP contribution in [0.15, 0.2) is 48.5 Å². The number of nitrogens with two attached hydrogens (primary N) is 1. The zero-order chi connectivity index (χ0) is 21.7. The lowest BCUT2D eigenvalue weighted by molar-refractivity contribution is 0.0672. The third kappa shape index (κ3) is 3.57. The first-order valence-corrected chi connectivity index (χ1v) is 11.1. The molecule has 2 aromatic carbocycles. The minimum Gasteiger partial charge on any atom is -0.338 e. The van der Waals surface area contributed by atoms with Gasteiger partial charge in [-0.1, -0.05) is 25.1 Å². The number of aromatic nitrogens is 3. The Morgan fingerprint density at radius 3 is 2.69 bits per heavy atom. The lowest BCUT2D eigenvalue weighted by Gasteiger charge is -2.35. The van der Waals surface area contributed by atoms with Crippen LogP contribution >= 0.6 is 12.4 Å². The van der Waals surface area contributed by atoms with E-state index in [1.165, 1.54) is 10.9 Å². The molecule has 0 saturated carbocycles. The quantitative estimate of drug-likeness (QED) is 0.500. The molecule has 1 amide bonds. The van der Waals surface area contributed by atoms with E-state index in [4.69, 9.17) is 10.7 Å². The summed E-state index contributed by atoms with van der Waals surface area (Å²) >= 11 is 0. The van der Waals surface area contributed by atoms with Crippen LogP contribution in [0.1, 0.15) is 30.6 Å². The van der Waals surface area contributed by atoms with Gasteiger partial charge in [0.25, 0.3) is 5.91 Å². The molecule has 4 aromatic rings. The molecule has 1 aliphatic heterocycles. The number of imidazole rings is 1. The highest BCUT2D eigenvalue weighted by Gasteiger charge is 2.27. The molecule has 3 heterocycles. The van der Waals surface area contributed by atoms with Gasteiger partial charge in [0.2, 0.25) is 0 Å². The number of likely N-dealkylation sites (tertiary alicyclic amines) is 1. The zero-order valence-electron chi connectivity index (χ0n) is 18.8. The predicted octanol–water partition coefficient (Wildman–Crippen LogP) is 4.45. The number of rotatable bonds is 3. The van der Waals surface area contributed by atoms with Gasteiger partial charge in [-0.15, -0.1) is 12.4 Å². The molecule has 0 spiro atoms. The van der Waals surface area contributed by atoms with Crippen molar-refractivity contribution >= 4 is 40.3 Å². The standard InChI is InChI=1S/C25H29N5O.ClH/c1-4-30-21-8-6-5-7-17(21)14-23(30)24-27-20-13-18(9-10-22(20)28(24)3)25(31)29-12-11-16(2)19(26)15-29;/h5-10,13-14,16,19H,4,11-12,15,26H2,1-3H3;1H/t16-,19+;/m0./s1. The Kier molecular flexibility index (Phi) is 6.01. The van der Waals surface area contributed by atoms with E-state index in [9.17, 15) is 4.79 Å². The van der Waals surface area contributed by atoms with Gasteiger partial charge >= 0.3 is 0 Å². The first kappa shape index (κ1) is 22.4. The molecular formula is C25H30ClN5O. The summed E-state index contributed by atoms with van der Waals surface area (Å²) in [6, 6.07) is 16.5. The molecule has 0 bridgehead atoms. The largest absolute Gasteiger partial charge is 0.338 e. The van der Waals surface area contributed by atoms with Crippen molar-refractivity contribution < 1.29 is 4.79 Å². The van der Waals surface area contributed by atoms with Crippen LogP contribution < -0.4 is 5.73 Å². The fraction of sp³-hybridized carbons (Fsp3) is 0.360. The Bertz CT molecular complexity index is 1290. The average molecular weight is 452 g/mol. The summed E-state index contributed by atoms with van der Waals surface area (Å²) in [6.45, 7) is 6.55. The van der Waals surface area contributed by atoms with Crippen molar-refractivity contribution in [1.29, 1.82) is 0 Å². The highest BCUT2D eigenvalue weighted by atomic mass is 35.5. The summed E-state index contributed by atoms with van der Waals surface area (Å²) in [5, 5.41) is 1.21. The first-order valence-electron chi connectivity index (χ1n) is 11.1. The molecule has 5 rings (SSSR count). The maximum atomic E-state index is 13.1. The number of para-hydroxylation sites is 1. The third-order valence-corrected chi connectivity index (χ3v) is 6.79. The van der Waals surface area contributed by atoms with Crippen LogP contribution in [0.25, 0.3) is 33.5 Å². The van der Waals surface area contributed by atoms with E-state index in [1.807, 2.05) is 30.1 Å². The van der Waals surface area contributed by atoms with E-state index in [1.54, 1.807) is 0 Å². The molecule has 1 saturated heterocycles. The molecule has 0 aliphatic carbocycles. The number of carbonyl (C=O) groups is 1. The van der Waals surface area contributed by atoms with Gasteiger partial charge in [0.05, 0.1) is 16.7 Å². The fourth-order valence-corrected chi connectivity index (χ4v) is 4.76. The van der Waals surface area contributed by atoms with Crippen molar-refractivity contribution in [2.75, 3.05) is 13.1 Å². The number of aryl methyl sites for hydroxylation is 2. The number of fused-ring (bicyclic) bond motifs is 2. The minimum absolute atomic E-state index is 0. The Morgan fingerprint density at radius 2 is 1.94 bits per heavy atom. The van der Waals surface area contributed by atoms with Gasteiger partial charge in [-0.2, -0.15) is 0 Å². The van der Waals surface area contributed by atoms with Crippen LogP contribution in [-0.4, -0.2) is 44.1 Å². The number of nitrogens with zero attached hydrogens (tertiary/aromatic N) is 4. The average Bonchev–Trinajstić information content (AvgIpc) is 3.32. The van der Waals surface area contributed by atoms with E-state index < -0.39 is 0 Å². The van der Waals surface area contributed by atoms with Crippen LogP contribution in [0.3, 0.4) is 0 Å². The van der Waals surface area contributed by atoms with Crippen molar-refractivity contribution in [2.24, 2.45) is 18.7 Å². The van der Waals surface area contributed by atoms with Gasteiger partial charge in [-0.25, -0.2) is 4.98 Å².